The van der Waals surface area contributed by atoms with Crippen LogP contribution in [-0.4, -0.2) is 50.8 Å². The quantitative estimate of drug-likeness (QED) is 0.406. The average molecular weight is 453 g/mol. The smallest absolute Gasteiger partial charge is 0.137 e. The third kappa shape index (κ3) is 3.62. The second-order valence-corrected chi connectivity index (χ2v) is 9.81. The Bertz CT molecular complexity index is 1490. The predicted octanol–water partition coefficient (Wildman–Crippen LogP) is 5.23. The van der Waals surface area contributed by atoms with Gasteiger partial charge in [0.2, 0.25) is 0 Å². The molecule has 5 aromatic rings. The van der Waals surface area contributed by atoms with Gasteiger partial charge in [0.05, 0.1) is 30.6 Å². The van der Waals surface area contributed by atoms with Crippen molar-refractivity contribution >= 4 is 27.9 Å². The van der Waals surface area contributed by atoms with Crippen molar-refractivity contribution in [3.8, 4) is 22.3 Å². The molecule has 0 aliphatic carbocycles. The van der Waals surface area contributed by atoms with Gasteiger partial charge >= 0.3 is 0 Å². The van der Waals surface area contributed by atoms with E-state index < -0.39 is 0 Å². The van der Waals surface area contributed by atoms with Gasteiger partial charge in [0.25, 0.3) is 0 Å². The Balaban J connectivity index is 1.42. The normalized spacial score (nSPS) is 14.9. The van der Waals surface area contributed by atoms with Crippen LogP contribution < -0.4 is 4.90 Å². The van der Waals surface area contributed by atoms with Gasteiger partial charge in [0.15, 0.2) is 0 Å². The van der Waals surface area contributed by atoms with Crippen molar-refractivity contribution in [2.24, 2.45) is 0 Å². The molecule has 0 unspecified atom stereocenters. The van der Waals surface area contributed by atoms with E-state index in [9.17, 15) is 0 Å². The molecule has 0 spiro atoms. The number of benzene rings is 1. The lowest BCUT2D eigenvalue weighted by atomic mass is 10.0. The Labute approximate surface area is 198 Å². The number of anilines is 1. The number of pyridine rings is 2. The molecule has 172 valence electrons. The van der Waals surface area contributed by atoms with E-state index >= 15 is 0 Å². The van der Waals surface area contributed by atoms with Crippen LogP contribution in [0.1, 0.15) is 20.8 Å². The molecule has 1 saturated heterocycles. The first-order valence-electron chi connectivity index (χ1n) is 11.7. The first-order chi connectivity index (χ1) is 16.5. The summed E-state index contributed by atoms with van der Waals surface area (Å²) in [5.41, 5.74) is 7.44. The molecule has 0 atom stereocenters. The minimum Gasteiger partial charge on any atom is -0.378 e. The maximum atomic E-state index is 5.49. The summed E-state index contributed by atoms with van der Waals surface area (Å²) in [5, 5.41) is 1.10. The Morgan fingerprint density at radius 2 is 1.76 bits per heavy atom. The number of rotatable bonds is 3. The van der Waals surface area contributed by atoms with E-state index in [0.717, 1.165) is 76.4 Å². The van der Waals surface area contributed by atoms with Crippen molar-refractivity contribution in [2.45, 2.75) is 26.3 Å². The zero-order valence-electron chi connectivity index (χ0n) is 19.7. The van der Waals surface area contributed by atoms with E-state index in [2.05, 4.69) is 75.5 Å². The van der Waals surface area contributed by atoms with E-state index in [4.69, 9.17) is 9.72 Å². The van der Waals surface area contributed by atoms with Gasteiger partial charge in [-0.25, -0.2) is 15.0 Å². The Morgan fingerprint density at radius 3 is 2.59 bits per heavy atom. The molecule has 0 radical (unpaired) electrons. The number of H-pyrrole nitrogens is 1. The molecule has 0 bridgehead atoms. The molecule has 7 heteroatoms. The maximum absolute atomic E-state index is 5.49. The number of aromatic nitrogens is 5. The van der Waals surface area contributed by atoms with Crippen LogP contribution >= 0.6 is 0 Å². The Kier molecular flexibility index (Phi) is 4.88. The van der Waals surface area contributed by atoms with Gasteiger partial charge in [0, 0.05) is 53.7 Å². The third-order valence-electron chi connectivity index (χ3n) is 6.53. The molecule has 1 aromatic carbocycles. The summed E-state index contributed by atoms with van der Waals surface area (Å²) in [5.74, 6) is 0.982. The standard InChI is InChI=1S/C27H28N6O/c1-27(2,3)33-17-31-23-5-4-19(13-24(23)33)22-16-30-26-21(22)12-20(15-29-26)18-6-7-28-25(14-18)32-8-10-34-11-9-32/h4-7,12-17H,8-11H2,1-3H3,(H,29,30). The van der Waals surface area contributed by atoms with Gasteiger partial charge in [-0.2, -0.15) is 0 Å². The van der Waals surface area contributed by atoms with Gasteiger partial charge in [0.1, 0.15) is 11.5 Å². The fourth-order valence-electron chi connectivity index (χ4n) is 4.67. The SMILES string of the molecule is CC(C)(C)n1cnc2ccc(-c3c[nH]c4ncc(-c5ccnc(N6CCOCC6)c5)cc34)cc21. The molecule has 1 fully saturated rings. The van der Waals surface area contributed by atoms with Crippen molar-refractivity contribution in [1.29, 1.82) is 0 Å². The first kappa shape index (κ1) is 20.9. The molecule has 0 saturated carbocycles. The van der Waals surface area contributed by atoms with Gasteiger partial charge in [-0.3, -0.25) is 0 Å². The summed E-state index contributed by atoms with van der Waals surface area (Å²) in [6, 6.07) is 12.9. The van der Waals surface area contributed by atoms with E-state index in [0.29, 0.717) is 0 Å². The first-order valence-corrected chi connectivity index (χ1v) is 11.7. The number of hydrogen-bond donors (Lipinski definition) is 1. The van der Waals surface area contributed by atoms with Crippen LogP contribution in [0, 0.1) is 0 Å². The molecular weight excluding hydrogens is 424 g/mol. The summed E-state index contributed by atoms with van der Waals surface area (Å²) in [6.07, 6.45) is 7.79. The number of imidazole rings is 1. The Morgan fingerprint density at radius 1 is 0.912 bits per heavy atom. The lowest BCUT2D eigenvalue weighted by Crippen LogP contribution is -2.36. The molecule has 4 aromatic heterocycles. The van der Waals surface area contributed by atoms with Crippen molar-refractivity contribution in [3.05, 3.63) is 61.3 Å². The lowest BCUT2D eigenvalue weighted by molar-refractivity contribution is 0.122. The average Bonchev–Trinajstić information content (AvgIpc) is 3.48. The zero-order chi connectivity index (χ0) is 23.3. The van der Waals surface area contributed by atoms with Crippen LogP contribution in [0.3, 0.4) is 0 Å². The number of hydrogen-bond acceptors (Lipinski definition) is 5. The minimum atomic E-state index is -0.0398. The number of fused-ring (bicyclic) bond motifs is 2. The number of nitrogens with one attached hydrogen (secondary N) is 1. The Hall–Kier alpha value is -3.71. The summed E-state index contributed by atoms with van der Waals surface area (Å²) in [4.78, 5) is 19.5. The molecule has 34 heavy (non-hydrogen) atoms. The highest BCUT2D eigenvalue weighted by atomic mass is 16.5. The van der Waals surface area contributed by atoms with Crippen molar-refractivity contribution in [2.75, 3.05) is 31.2 Å². The molecule has 6 rings (SSSR count). The number of aromatic amines is 1. The lowest BCUT2D eigenvalue weighted by Gasteiger charge is -2.28. The monoisotopic (exact) mass is 452 g/mol. The van der Waals surface area contributed by atoms with E-state index in [1.807, 2.05) is 31.0 Å². The van der Waals surface area contributed by atoms with Gasteiger partial charge < -0.3 is 19.2 Å². The maximum Gasteiger partial charge on any atom is 0.137 e. The second kappa shape index (κ2) is 7.95. The number of nitrogens with zero attached hydrogens (tertiary/aromatic N) is 5. The molecule has 0 amide bonds. The summed E-state index contributed by atoms with van der Waals surface area (Å²) in [7, 11) is 0. The van der Waals surface area contributed by atoms with Gasteiger partial charge in [-0.15, -0.1) is 0 Å². The van der Waals surface area contributed by atoms with E-state index in [1.54, 1.807) is 0 Å². The fraction of sp³-hybridized carbons (Fsp3) is 0.296. The van der Waals surface area contributed by atoms with Crippen molar-refractivity contribution < 1.29 is 4.74 Å². The number of ether oxygens (including phenoxy) is 1. The molecule has 5 heterocycles. The van der Waals surface area contributed by atoms with E-state index in [1.165, 1.54) is 0 Å². The highest BCUT2D eigenvalue weighted by Gasteiger charge is 2.18. The van der Waals surface area contributed by atoms with Gasteiger partial charge in [-0.05, 0) is 62.2 Å². The van der Waals surface area contributed by atoms with Crippen LogP contribution in [0.15, 0.2) is 61.3 Å². The predicted molar refractivity (Wildman–Crippen MR) is 136 cm³/mol. The van der Waals surface area contributed by atoms with Gasteiger partial charge in [-0.1, -0.05) is 6.07 Å². The van der Waals surface area contributed by atoms with Crippen LogP contribution in [0.5, 0.6) is 0 Å². The largest absolute Gasteiger partial charge is 0.378 e. The summed E-state index contributed by atoms with van der Waals surface area (Å²) in [6.45, 7) is 9.80. The van der Waals surface area contributed by atoms with Crippen LogP contribution in [-0.2, 0) is 10.3 Å². The number of morpholine rings is 1. The van der Waals surface area contributed by atoms with E-state index in [-0.39, 0.29) is 5.54 Å². The highest BCUT2D eigenvalue weighted by Crippen LogP contribution is 2.34. The summed E-state index contributed by atoms with van der Waals surface area (Å²) < 4.78 is 7.72. The second-order valence-electron chi connectivity index (χ2n) is 9.81. The van der Waals surface area contributed by atoms with Crippen LogP contribution in [0.25, 0.3) is 44.3 Å². The van der Waals surface area contributed by atoms with Crippen molar-refractivity contribution in [3.63, 3.8) is 0 Å². The van der Waals surface area contributed by atoms with Crippen LogP contribution in [0.4, 0.5) is 5.82 Å². The highest BCUT2D eigenvalue weighted by molar-refractivity contribution is 5.97. The third-order valence-corrected chi connectivity index (χ3v) is 6.53. The van der Waals surface area contributed by atoms with Crippen LogP contribution in [0.2, 0.25) is 0 Å². The molecular formula is C27H28N6O. The fourth-order valence-corrected chi connectivity index (χ4v) is 4.67. The molecule has 1 aliphatic rings. The van der Waals surface area contributed by atoms with Crippen molar-refractivity contribution in [1.82, 2.24) is 24.5 Å². The topological polar surface area (TPSA) is 71.9 Å². The summed E-state index contributed by atoms with van der Waals surface area (Å²) >= 11 is 0. The molecule has 1 aliphatic heterocycles. The minimum absolute atomic E-state index is 0.0398. The zero-order valence-corrected chi connectivity index (χ0v) is 19.7. The molecule has 1 N–H and O–H groups in total. The molecule has 7 nitrogen and oxygen atoms in total.